The van der Waals surface area contributed by atoms with Crippen molar-refractivity contribution in [2.45, 2.75) is 32.1 Å². The monoisotopic (exact) mass is 226 g/mol. The van der Waals surface area contributed by atoms with E-state index in [2.05, 4.69) is 4.90 Å². The molecule has 0 aromatic rings. The third kappa shape index (κ3) is 2.41. The van der Waals surface area contributed by atoms with Gasteiger partial charge >= 0.3 is 0 Å². The Morgan fingerprint density at radius 1 is 1.31 bits per heavy atom. The molecule has 16 heavy (non-hydrogen) atoms. The molecule has 2 fully saturated rings. The summed E-state index contributed by atoms with van der Waals surface area (Å²) >= 11 is 0. The van der Waals surface area contributed by atoms with Gasteiger partial charge in [-0.3, -0.25) is 0 Å². The van der Waals surface area contributed by atoms with Crippen LogP contribution in [0, 0.1) is 11.3 Å². The van der Waals surface area contributed by atoms with Crippen LogP contribution in [-0.2, 0) is 4.74 Å². The predicted octanol–water partition coefficient (Wildman–Crippen LogP) is 1.47. The average Bonchev–Trinajstić information content (AvgIpc) is 2.59. The number of hydrogen-bond donors (Lipinski definition) is 1. The Labute approximate surface area is 99.3 Å². The first kappa shape index (κ1) is 12.3. The maximum Gasteiger partial charge on any atom is 0.0508 e. The summed E-state index contributed by atoms with van der Waals surface area (Å²) in [6, 6.07) is 0. The highest BCUT2D eigenvalue weighted by atomic mass is 16.5. The van der Waals surface area contributed by atoms with Crippen molar-refractivity contribution in [1.29, 1.82) is 0 Å². The molecular weight excluding hydrogens is 200 g/mol. The SMILES string of the molecule is COC[C@@H]1CN(CCN)CC12CCCCC2. The average molecular weight is 226 g/mol. The summed E-state index contributed by atoms with van der Waals surface area (Å²) in [7, 11) is 1.84. The lowest BCUT2D eigenvalue weighted by atomic mass is 9.68. The quantitative estimate of drug-likeness (QED) is 0.789. The summed E-state index contributed by atoms with van der Waals surface area (Å²) in [6.07, 6.45) is 7.07. The minimum atomic E-state index is 0.559. The van der Waals surface area contributed by atoms with Gasteiger partial charge in [-0.2, -0.15) is 0 Å². The molecule has 1 spiro atoms. The maximum absolute atomic E-state index is 5.67. The van der Waals surface area contributed by atoms with Gasteiger partial charge in [0.15, 0.2) is 0 Å². The van der Waals surface area contributed by atoms with Crippen molar-refractivity contribution in [3.63, 3.8) is 0 Å². The van der Waals surface area contributed by atoms with Crippen molar-refractivity contribution in [2.75, 3.05) is 39.9 Å². The minimum Gasteiger partial charge on any atom is -0.384 e. The van der Waals surface area contributed by atoms with Crippen LogP contribution in [0.1, 0.15) is 32.1 Å². The molecule has 2 aliphatic rings. The van der Waals surface area contributed by atoms with Crippen LogP contribution < -0.4 is 5.73 Å². The van der Waals surface area contributed by atoms with E-state index in [9.17, 15) is 0 Å². The van der Waals surface area contributed by atoms with E-state index in [1.54, 1.807) is 0 Å². The molecule has 3 nitrogen and oxygen atoms in total. The van der Waals surface area contributed by atoms with Crippen LogP contribution in [0.25, 0.3) is 0 Å². The fourth-order valence-electron chi connectivity index (χ4n) is 3.75. The number of hydrogen-bond acceptors (Lipinski definition) is 3. The van der Waals surface area contributed by atoms with E-state index in [0.29, 0.717) is 5.41 Å². The number of rotatable bonds is 4. The van der Waals surface area contributed by atoms with E-state index >= 15 is 0 Å². The molecule has 0 aromatic heterocycles. The van der Waals surface area contributed by atoms with Gasteiger partial charge in [-0.1, -0.05) is 19.3 Å². The van der Waals surface area contributed by atoms with Crippen molar-refractivity contribution in [3.05, 3.63) is 0 Å². The zero-order valence-electron chi connectivity index (χ0n) is 10.6. The standard InChI is InChI=1S/C13H26N2O/c1-16-10-12-9-15(8-7-14)11-13(12)5-3-2-4-6-13/h12H,2-11,14H2,1H3/t12-/m0/s1. The van der Waals surface area contributed by atoms with Crippen molar-refractivity contribution in [3.8, 4) is 0 Å². The van der Waals surface area contributed by atoms with Crippen LogP contribution in [0.4, 0.5) is 0 Å². The molecule has 1 aliphatic carbocycles. The van der Waals surface area contributed by atoms with Gasteiger partial charge in [0.1, 0.15) is 0 Å². The Hall–Kier alpha value is -0.120. The Balaban J connectivity index is 2.01. The van der Waals surface area contributed by atoms with Gasteiger partial charge in [-0.25, -0.2) is 0 Å². The van der Waals surface area contributed by atoms with Crippen molar-refractivity contribution in [1.82, 2.24) is 4.90 Å². The molecule has 0 amide bonds. The molecule has 94 valence electrons. The van der Waals surface area contributed by atoms with Crippen molar-refractivity contribution >= 4 is 0 Å². The van der Waals surface area contributed by atoms with E-state index in [-0.39, 0.29) is 0 Å². The van der Waals surface area contributed by atoms with Crippen LogP contribution in [0.5, 0.6) is 0 Å². The molecule has 1 atom stereocenters. The molecule has 3 heteroatoms. The lowest BCUT2D eigenvalue weighted by Gasteiger charge is -2.38. The summed E-state index contributed by atoms with van der Waals surface area (Å²) in [5.74, 6) is 0.740. The molecule has 2 N–H and O–H groups in total. The predicted molar refractivity (Wildman–Crippen MR) is 66.4 cm³/mol. The van der Waals surface area contributed by atoms with Crippen molar-refractivity contribution in [2.24, 2.45) is 17.1 Å². The Morgan fingerprint density at radius 3 is 2.69 bits per heavy atom. The molecule has 0 radical (unpaired) electrons. The van der Waals surface area contributed by atoms with Gasteiger partial charge < -0.3 is 15.4 Å². The largest absolute Gasteiger partial charge is 0.384 e. The van der Waals surface area contributed by atoms with E-state index < -0.39 is 0 Å². The van der Waals surface area contributed by atoms with E-state index in [1.165, 1.54) is 45.2 Å². The lowest BCUT2D eigenvalue weighted by Crippen LogP contribution is -2.35. The summed E-state index contributed by atoms with van der Waals surface area (Å²) in [5.41, 5.74) is 6.23. The molecule has 1 saturated carbocycles. The van der Waals surface area contributed by atoms with Crippen LogP contribution in [0.15, 0.2) is 0 Å². The van der Waals surface area contributed by atoms with Gasteiger partial charge in [0.05, 0.1) is 6.61 Å². The molecule has 2 rings (SSSR count). The number of ether oxygens (including phenoxy) is 1. The normalized spacial score (nSPS) is 30.0. The van der Waals surface area contributed by atoms with E-state index in [0.717, 1.165) is 25.6 Å². The summed E-state index contributed by atoms with van der Waals surface area (Å²) in [6.45, 7) is 5.24. The van der Waals surface area contributed by atoms with Crippen molar-refractivity contribution < 1.29 is 4.74 Å². The second-order valence-electron chi connectivity index (χ2n) is 5.60. The fourth-order valence-corrected chi connectivity index (χ4v) is 3.75. The number of nitrogens with two attached hydrogens (primary N) is 1. The summed E-state index contributed by atoms with van der Waals surface area (Å²) in [4.78, 5) is 2.55. The molecule has 1 aliphatic heterocycles. The first-order chi connectivity index (χ1) is 7.80. The van der Waals surface area contributed by atoms with Gasteiger partial charge in [-0.15, -0.1) is 0 Å². The summed E-state index contributed by atoms with van der Waals surface area (Å²) < 4.78 is 5.42. The molecular formula is C13H26N2O. The second kappa shape index (κ2) is 5.48. The highest BCUT2D eigenvalue weighted by Crippen LogP contribution is 2.47. The van der Waals surface area contributed by atoms with E-state index in [4.69, 9.17) is 10.5 Å². The first-order valence-electron chi connectivity index (χ1n) is 6.72. The highest BCUT2D eigenvalue weighted by molar-refractivity contribution is 4.98. The molecule has 1 heterocycles. The molecule has 0 bridgehead atoms. The number of nitrogens with zero attached hydrogens (tertiary/aromatic N) is 1. The highest BCUT2D eigenvalue weighted by Gasteiger charge is 2.46. The third-order valence-electron chi connectivity index (χ3n) is 4.55. The third-order valence-corrected chi connectivity index (χ3v) is 4.55. The van der Waals surface area contributed by atoms with Gasteiger partial charge in [-0.05, 0) is 18.3 Å². The number of methoxy groups -OCH3 is 1. The number of likely N-dealkylation sites (tertiary alicyclic amines) is 1. The molecule has 1 saturated heterocycles. The topological polar surface area (TPSA) is 38.5 Å². The zero-order chi connectivity index (χ0) is 11.4. The fraction of sp³-hybridized carbons (Fsp3) is 1.00. The second-order valence-corrected chi connectivity index (χ2v) is 5.60. The lowest BCUT2D eigenvalue weighted by molar-refractivity contribution is 0.0666. The van der Waals surface area contributed by atoms with Crippen LogP contribution in [0.3, 0.4) is 0 Å². The molecule has 0 aromatic carbocycles. The Morgan fingerprint density at radius 2 is 2.06 bits per heavy atom. The Kier molecular flexibility index (Phi) is 4.22. The summed E-state index contributed by atoms with van der Waals surface area (Å²) in [5, 5.41) is 0. The zero-order valence-corrected chi connectivity index (χ0v) is 10.6. The van der Waals surface area contributed by atoms with Crippen LogP contribution in [0.2, 0.25) is 0 Å². The van der Waals surface area contributed by atoms with Gasteiger partial charge in [0.2, 0.25) is 0 Å². The van der Waals surface area contributed by atoms with Gasteiger partial charge in [0, 0.05) is 39.2 Å². The van der Waals surface area contributed by atoms with Crippen LogP contribution >= 0.6 is 0 Å². The first-order valence-corrected chi connectivity index (χ1v) is 6.72. The van der Waals surface area contributed by atoms with Crippen LogP contribution in [-0.4, -0.2) is 44.8 Å². The molecule has 0 unspecified atom stereocenters. The maximum atomic E-state index is 5.67. The van der Waals surface area contributed by atoms with E-state index in [1.807, 2.05) is 7.11 Å². The Bertz CT molecular complexity index is 214. The van der Waals surface area contributed by atoms with Gasteiger partial charge in [0.25, 0.3) is 0 Å². The minimum absolute atomic E-state index is 0.559. The smallest absolute Gasteiger partial charge is 0.0508 e.